The van der Waals surface area contributed by atoms with Gasteiger partial charge in [-0.1, -0.05) is 0 Å². The smallest absolute Gasteiger partial charge is 0.285 e. The fraction of sp³-hybridized carbons (Fsp3) is 0.294. The molecule has 2 aromatic rings. The maximum atomic E-state index is 11.3. The van der Waals surface area contributed by atoms with Gasteiger partial charge < -0.3 is 24.6 Å². The van der Waals surface area contributed by atoms with Gasteiger partial charge in [0.25, 0.3) is 5.24 Å². The minimum absolute atomic E-state index is 0.279. The van der Waals surface area contributed by atoms with Crippen LogP contribution in [0.1, 0.15) is 11.5 Å². The quantitative estimate of drug-likeness (QED) is 0.534. The molecule has 1 atom stereocenters. The molecule has 10 heteroatoms. The lowest BCUT2D eigenvalue weighted by Gasteiger charge is -2.35. The lowest BCUT2D eigenvalue weighted by Crippen LogP contribution is -2.49. The molecule has 3 N–H and O–H groups in total. The van der Waals surface area contributed by atoms with Crippen molar-refractivity contribution in [1.29, 1.82) is 5.41 Å². The molecule has 2 saturated heterocycles. The van der Waals surface area contributed by atoms with E-state index in [1.54, 1.807) is 36.7 Å². The molecule has 2 aliphatic rings. The predicted molar refractivity (Wildman–Crippen MR) is 101 cm³/mol. The number of aliphatic hydroxyl groups excluding tert-OH is 1. The number of thioether (sulfide) groups is 1. The molecule has 1 unspecified atom stereocenters. The molecular weight excluding hydrogens is 368 g/mol. The number of hydrogen-bond donors (Lipinski definition) is 3. The first kappa shape index (κ1) is 17.6. The second kappa shape index (κ2) is 7.41. The summed E-state index contributed by atoms with van der Waals surface area (Å²) in [6, 6.07) is 5.29. The van der Waals surface area contributed by atoms with Crippen molar-refractivity contribution >= 4 is 34.9 Å². The summed E-state index contributed by atoms with van der Waals surface area (Å²) >= 11 is 0.960. The monoisotopic (exact) mass is 386 g/mol. The standard InChI is InChI=1S/C17H18N6O3S/c18-14(12-2-1-9-26-12)22-5-7-23(8-6-22)16-19-4-3-11(20-16)10-13-15(24)21-17(25)27-13/h1-4,9-10,15,18,24H,5-8H2,(H,21,25)/b13-10-,18-14?. The summed E-state index contributed by atoms with van der Waals surface area (Å²) in [6.45, 7) is 2.70. The van der Waals surface area contributed by atoms with Crippen LogP contribution < -0.4 is 10.2 Å². The first-order valence-electron chi connectivity index (χ1n) is 8.43. The summed E-state index contributed by atoms with van der Waals surface area (Å²) in [6.07, 6.45) is 3.92. The van der Waals surface area contributed by atoms with Crippen molar-refractivity contribution in [1.82, 2.24) is 20.2 Å². The second-order valence-corrected chi connectivity index (χ2v) is 7.11. The zero-order valence-corrected chi connectivity index (χ0v) is 15.1. The Morgan fingerprint density at radius 2 is 2.19 bits per heavy atom. The normalized spacial score (nSPS) is 21.6. The number of aromatic nitrogens is 2. The van der Waals surface area contributed by atoms with E-state index in [9.17, 15) is 9.90 Å². The van der Waals surface area contributed by atoms with Gasteiger partial charge in [-0.15, -0.1) is 0 Å². The van der Waals surface area contributed by atoms with E-state index in [0.717, 1.165) is 11.8 Å². The molecular formula is C17H18N6O3S. The number of piperazine rings is 1. The third-order valence-electron chi connectivity index (χ3n) is 4.32. The molecule has 4 rings (SSSR count). The maximum absolute atomic E-state index is 11.3. The number of aliphatic hydroxyl groups is 1. The molecule has 2 fully saturated rings. The molecule has 0 aliphatic carbocycles. The number of amidine groups is 1. The molecule has 0 radical (unpaired) electrons. The molecule has 0 aromatic carbocycles. The van der Waals surface area contributed by atoms with Crippen molar-refractivity contribution in [3.8, 4) is 0 Å². The highest BCUT2D eigenvalue weighted by Crippen LogP contribution is 2.28. The predicted octanol–water partition coefficient (Wildman–Crippen LogP) is 1.33. The van der Waals surface area contributed by atoms with E-state index >= 15 is 0 Å². The van der Waals surface area contributed by atoms with Gasteiger partial charge in [0.15, 0.2) is 17.8 Å². The van der Waals surface area contributed by atoms with Gasteiger partial charge >= 0.3 is 0 Å². The van der Waals surface area contributed by atoms with Gasteiger partial charge in [-0.05, 0) is 36.0 Å². The van der Waals surface area contributed by atoms with Crippen LogP contribution in [0.5, 0.6) is 0 Å². The largest absolute Gasteiger partial charge is 0.461 e. The molecule has 1 amide bonds. The summed E-state index contributed by atoms with van der Waals surface area (Å²) in [5.41, 5.74) is 0.629. The fourth-order valence-corrected chi connectivity index (χ4v) is 3.66. The lowest BCUT2D eigenvalue weighted by atomic mass is 10.3. The van der Waals surface area contributed by atoms with Crippen LogP contribution in [0.3, 0.4) is 0 Å². The van der Waals surface area contributed by atoms with E-state index in [2.05, 4.69) is 20.2 Å². The Morgan fingerprint density at radius 3 is 2.85 bits per heavy atom. The topological polar surface area (TPSA) is 119 Å². The number of furan rings is 1. The highest BCUT2D eigenvalue weighted by atomic mass is 32.2. The van der Waals surface area contributed by atoms with Crippen molar-refractivity contribution in [2.24, 2.45) is 0 Å². The lowest BCUT2D eigenvalue weighted by molar-refractivity contribution is 0.192. The summed E-state index contributed by atoms with van der Waals surface area (Å²) in [4.78, 5) is 24.7. The molecule has 2 aromatic heterocycles. The van der Waals surface area contributed by atoms with Crippen molar-refractivity contribution < 1.29 is 14.3 Å². The van der Waals surface area contributed by atoms with Crippen LogP contribution in [-0.4, -0.2) is 63.5 Å². The Morgan fingerprint density at radius 1 is 1.37 bits per heavy atom. The first-order chi connectivity index (χ1) is 13.1. The van der Waals surface area contributed by atoms with Crippen LogP contribution in [0.25, 0.3) is 6.08 Å². The summed E-state index contributed by atoms with van der Waals surface area (Å²) in [7, 11) is 0. The number of carbonyl (C=O) groups is 1. The van der Waals surface area contributed by atoms with Crippen LogP contribution in [-0.2, 0) is 0 Å². The number of nitrogens with zero attached hydrogens (tertiary/aromatic N) is 4. The van der Waals surface area contributed by atoms with Crippen LogP contribution in [0, 0.1) is 5.41 Å². The molecule has 9 nitrogen and oxygen atoms in total. The van der Waals surface area contributed by atoms with Crippen molar-refractivity contribution in [2.45, 2.75) is 6.23 Å². The van der Waals surface area contributed by atoms with E-state index < -0.39 is 6.23 Å². The Bertz CT molecular complexity index is 877. The van der Waals surface area contributed by atoms with Crippen molar-refractivity contribution in [2.75, 3.05) is 31.1 Å². The zero-order chi connectivity index (χ0) is 18.8. The van der Waals surface area contributed by atoms with Crippen LogP contribution >= 0.6 is 11.8 Å². The van der Waals surface area contributed by atoms with Crippen LogP contribution in [0.15, 0.2) is 40.0 Å². The van der Waals surface area contributed by atoms with Gasteiger partial charge in [-0.25, -0.2) is 9.97 Å². The first-order valence-corrected chi connectivity index (χ1v) is 9.25. The molecule has 0 spiro atoms. The minimum Gasteiger partial charge on any atom is -0.461 e. The molecule has 0 saturated carbocycles. The van der Waals surface area contributed by atoms with Crippen LogP contribution in [0.2, 0.25) is 0 Å². The third-order valence-corrected chi connectivity index (χ3v) is 5.20. The highest BCUT2D eigenvalue weighted by Gasteiger charge is 2.26. The molecule has 2 aliphatic heterocycles. The van der Waals surface area contributed by atoms with Crippen molar-refractivity contribution in [3.05, 3.63) is 47.0 Å². The van der Waals surface area contributed by atoms with Gasteiger partial charge in [0.1, 0.15) is 0 Å². The van der Waals surface area contributed by atoms with Gasteiger partial charge in [-0.2, -0.15) is 0 Å². The molecule has 0 bridgehead atoms. The van der Waals surface area contributed by atoms with E-state index in [1.165, 1.54) is 0 Å². The Kier molecular flexibility index (Phi) is 4.82. The van der Waals surface area contributed by atoms with Gasteiger partial charge in [0, 0.05) is 37.3 Å². The van der Waals surface area contributed by atoms with E-state index in [-0.39, 0.29) is 5.24 Å². The molecule has 27 heavy (non-hydrogen) atoms. The number of rotatable bonds is 3. The third kappa shape index (κ3) is 3.81. The molecule has 4 heterocycles. The minimum atomic E-state index is -0.989. The number of hydrogen-bond acceptors (Lipinski definition) is 8. The molecule has 140 valence electrons. The van der Waals surface area contributed by atoms with Gasteiger partial charge in [0.05, 0.1) is 12.0 Å². The summed E-state index contributed by atoms with van der Waals surface area (Å²) < 4.78 is 5.29. The second-order valence-electron chi connectivity index (χ2n) is 6.06. The number of nitrogens with one attached hydrogen (secondary N) is 2. The number of anilines is 1. The highest BCUT2D eigenvalue weighted by molar-refractivity contribution is 8.17. The van der Waals surface area contributed by atoms with E-state index in [4.69, 9.17) is 9.83 Å². The van der Waals surface area contributed by atoms with Gasteiger partial charge in [-0.3, -0.25) is 10.2 Å². The number of amides is 1. The Balaban J connectivity index is 1.42. The number of carbonyl (C=O) groups excluding carboxylic acids is 1. The fourth-order valence-electron chi connectivity index (χ4n) is 2.92. The average molecular weight is 386 g/mol. The SMILES string of the molecule is N=C(c1ccco1)N1CCN(c2nccc(/C=C3\SC(=O)NC3O)n2)CC1. The van der Waals surface area contributed by atoms with E-state index in [1.807, 2.05) is 4.90 Å². The Hall–Kier alpha value is -2.85. The summed E-state index contributed by atoms with van der Waals surface area (Å²) in [5.74, 6) is 1.53. The summed E-state index contributed by atoms with van der Waals surface area (Å²) in [5, 5.41) is 20.1. The Labute approximate surface area is 159 Å². The van der Waals surface area contributed by atoms with E-state index in [0.29, 0.717) is 54.3 Å². The average Bonchev–Trinajstić information content (AvgIpc) is 3.32. The maximum Gasteiger partial charge on any atom is 0.285 e. The van der Waals surface area contributed by atoms with Crippen molar-refractivity contribution in [3.63, 3.8) is 0 Å². The van der Waals surface area contributed by atoms with Crippen LogP contribution in [0.4, 0.5) is 10.7 Å². The van der Waals surface area contributed by atoms with Gasteiger partial charge in [0.2, 0.25) is 5.95 Å². The zero-order valence-electron chi connectivity index (χ0n) is 14.3.